The summed E-state index contributed by atoms with van der Waals surface area (Å²) in [7, 11) is 0. The van der Waals surface area contributed by atoms with E-state index in [1.165, 1.54) is 30.0 Å². The van der Waals surface area contributed by atoms with E-state index >= 15 is 0 Å². The fourth-order valence-corrected chi connectivity index (χ4v) is 3.21. The molecule has 1 atom stereocenters. The van der Waals surface area contributed by atoms with E-state index in [1.807, 2.05) is 13.0 Å². The van der Waals surface area contributed by atoms with E-state index in [4.69, 9.17) is 11.6 Å². The third-order valence-corrected chi connectivity index (χ3v) is 4.32. The van der Waals surface area contributed by atoms with Gasteiger partial charge in [0, 0.05) is 27.3 Å². The van der Waals surface area contributed by atoms with Crippen LogP contribution in [0, 0.1) is 11.6 Å². The molecule has 21 heavy (non-hydrogen) atoms. The highest BCUT2D eigenvalue weighted by molar-refractivity contribution is 7.99. The number of halogens is 3. The molecule has 0 heterocycles. The van der Waals surface area contributed by atoms with Crippen LogP contribution in [0.2, 0.25) is 5.02 Å². The summed E-state index contributed by atoms with van der Waals surface area (Å²) in [6.07, 6.45) is 0. The molecule has 0 saturated carbocycles. The van der Waals surface area contributed by atoms with Gasteiger partial charge in [0.1, 0.15) is 11.6 Å². The van der Waals surface area contributed by atoms with Crippen molar-refractivity contribution in [3.05, 3.63) is 64.7 Å². The zero-order chi connectivity index (χ0) is 15.2. The Labute approximate surface area is 132 Å². The van der Waals surface area contributed by atoms with Gasteiger partial charge in [0.15, 0.2) is 0 Å². The Morgan fingerprint density at radius 3 is 2.67 bits per heavy atom. The van der Waals surface area contributed by atoms with Crippen LogP contribution in [-0.4, -0.2) is 12.3 Å². The number of thioether (sulfide) groups is 1. The van der Waals surface area contributed by atoms with E-state index in [1.54, 1.807) is 18.2 Å². The van der Waals surface area contributed by atoms with Crippen LogP contribution >= 0.6 is 23.4 Å². The molecule has 0 aliphatic rings. The number of rotatable bonds is 6. The van der Waals surface area contributed by atoms with E-state index in [2.05, 4.69) is 5.32 Å². The summed E-state index contributed by atoms with van der Waals surface area (Å²) in [6.45, 7) is 2.68. The minimum atomic E-state index is -0.326. The van der Waals surface area contributed by atoms with Crippen LogP contribution in [0.1, 0.15) is 18.5 Å². The lowest BCUT2D eigenvalue weighted by Gasteiger charge is -2.19. The Hall–Kier alpha value is -1.10. The van der Waals surface area contributed by atoms with E-state index in [0.717, 1.165) is 11.4 Å². The summed E-state index contributed by atoms with van der Waals surface area (Å²) in [4.78, 5) is 0.826. The first-order chi connectivity index (χ1) is 10.1. The van der Waals surface area contributed by atoms with Crippen molar-refractivity contribution < 1.29 is 8.78 Å². The summed E-state index contributed by atoms with van der Waals surface area (Å²) in [6, 6.07) is 10.9. The molecule has 112 valence electrons. The first kappa shape index (κ1) is 16.3. The molecule has 5 heteroatoms. The summed E-state index contributed by atoms with van der Waals surface area (Å²) < 4.78 is 27.2. The van der Waals surface area contributed by atoms with Gasteiger partial charge in [0.05, 0.1) is 0 Å². The molecule has 2 rings (SSSR count). The maximum Gasteiger partial charge on any atom is 0.129 e. The number of hydrogen-bond donors (Lipinski definition) is 1. The fraction of sp³-hybridized carbons (Fsp3) is 0.250. The Bertz CT molecular complexity index is 607. The number of nitrogens with one attached hydrogen (secondary N) is 1. The van der Waals surface area contributed by atoms with Crippen molar-refractivity contribution in [3.8, 4) is 0 Å². The molecule has 2 aromatic rings. The number of hydrogen-bond acceptors (Lipinski definition) is 2. The quantitative estimate of drug-likeness (QED) is 0.744. The molecule has 0 fully saturated rings. The van der Waals surface area contributed by atoms with E-state index in [0.29, 0.717) is 16.3 Å². The van der Waals surface area contributed by atoms with Crippen molar-refractivity contribution >= 4 is 23.4 Å². The lowest BCUT2D eigenvalue weighted by molar-refractivity contribution is 0.545. The van der Waals surface area contributed by atoms with Crippen LogP contribution in [0.15, 0.2) is 47.4 Å². The highest BCUT2D eigenvalue weighted by Crippen LogP contribution is 2.27. The zero-order valence-electron chi connectivity index (χ0n) is 11.6. The number of benzene rings is 2. The molecule has 2 aromatic carbocycles. The Balaban J connectivity index is 2.12. The van der Waals surface area contributed by atoms with Crippen LogP contribution in [0.25, 0.3) is 0 Å². The SMILES string of the molecule is CCNC(CSc1cccc(F)c1)c1ccc(Cl)cc1F. The molecule has 0 aliphatic heterocycles. The standard InChI is InChI=1S/C16H16ClF2NS/c1-2-20-16(14-7-6-11(17)8-15(14)19)10-21-13-5-3-4-12(18)9-13/h3-9,16,20H,2,10H2,1H3. The van der Waals surface area contributed by atoms with Crippen LogP contribution in [0.3, 0.4) is 0 Å². The van der Waals surface area contributed by atoms with Gasteiger partial charge in [-0.25, -0.2) is 8.78 Å². The molecule has 0 aromatic heterocycles. The van der Waals surface area contributed by atoms with Crippen LogP contribution in [-0.2, 0) is 0 Å². The molecular formula is C16H16ClF2NS. The Morgan fingerprint density at radius 1 is 1.19 bits per heavy atom. The van der Waals surface area contributed by atoms with E-state index in [-0.39, 0.29) is 17.7 Å². The smallest absolute Gasteiger partial charge is 0.129 e. The largest absolute Gasteiger partial charge is 0.309 e. The molecule has 1 unspecified atom stereocenters. The average Bonchev–Trinajstić information content (AvgIpc) is 2.44. The highest BCUT2D eigenvalue weighted by atomic mass is 35.5. The summed E-state index contributed by atoms with van der Waals surface area (Å²) in [5, 5.41) is 3.63. The second-order valence-corrected chi connectivity index (χ2v) is 6.07. The van der Waals surface area contributed by atoms with Crippen molar-refractivity contribution in [2.45, 2.75) is 17.9 Å². The second kappa shape index (κ2) is 7.78. The first-order valence-electron chi connectivity index (χ1n) is 6.67. The maximum absolute atomic E-state index is 14.0. The molecule has 1 nitrogen and oxygen atoms in total. The van der Waals surface area contributed by atoms with Gasteiger partial charge in [0.25, 0.3) is 0 Å². The van der Waals surface area contributed by atoms with Gasteiger partial charge in [-0.3, -0.25) is 0 Å². The van der Waals surface area contributed by atoms with Gasteiger partial charge in [-0.2, -0.15) is 0 Å². The zero-order valence-corrected chi connectivity index (χ0v) is 13.1. The van der Waals surface area contributed by atoms with Gasteiger partial charge in [-0.15, -0.1) is 11.8 Å². The predicted octanol–water partition coefficient (Wildman–Crippen LogP) is 5.06. The Kier molecular flexibility index (Phi) is 6.03. The van der Waals surface area contributed by atoms with Gasteiger partial charge in [-0.1, -0.05) is 30.7 Å². The van der Waals surface area contributed by atoms with Crippen molar-refractivity contribution in [2.24, 2.45) is 0 Å². The van der Waals surface area contributed by atoms with Crippen LogP contribution in [0.4, 0.5) is 8.78 Å². The minimum Gasteiger partial charge on any atom is -0.309 e. The third-order valence-electron chi connectivity index (χ3n) is 3.00. The van der Waals surface area contributed by atoms with Gasteiger partial charge < -0.3 is 5.32 Å². The third kappa shape index (κ3) is 4.70. The summed E-state index contributed by atoms with van der Waals surface area (Å²) >= 11 is 7.27. The van der Waals surface area contributed by atoms with Gasteiger partial charge in [0.2, 0.25) is 0 Å². The fourth-order valence-electron chi connectivity index (χ4n) is 2.03. The molecular weight excluding hydrogens is 312 g/mol. The van der Waals surface area contributed by atoms with Crippen molar-refractivity contribution in [1.29, 1.82) is 0 Å². The normalized spacial score (nSPS) is 12.4. The van der Waals surface area contributed by atoms with Crippen molar-refractivity contribution in [2.75, 3.05) is 12.3 Å². The lowest BCUT2D eigenvalue weighted by atomic mass is 10.1. The first-order valence-corrected chi connectivity index (χ1v) is 8.03. The molecule has 0 amide bonds. The van der Waals surface area contributed by atoms with Gasteiger partial charge in [-0.05, 0) is 36.9 Å². The van der Waals surface area contributed by atoms with Crippen molar-refractivity contribution in [3.63, 3.8) is 0 Å². The molecule has 1 N–H and O–H groups in total. The monoisotopic (exact) mass is 327 g/mol. The molecule has 0 radical (unpaired) electrons. The summed E-state index contributed by atoms with van der Waals surface area (Å²) in [5.74, 6) is 0.0153. The minimum absolute atomic E-state index is 0.152. The van der Waals surface area contributed by atoms with Crippen LogP contribution in [0.5, 0.6) is 0 Å². The molecule has 0 saturated heterocycles. The van der Waals surface area contributed by atoms with E-state index in [9.17, 15) is 8.78 Å². The summed E-state index contributed by atoms with van der Waals surface area (Å²) in [5.41, 5.74) is 0.574. The lowest BCUT2D eigenvalue weighted by Crippen LogP contribution is -2.24. The van der Waals surface area contributed by atoms with Gasteiger partial charge >= 0.3 is 0 Å². The Morgan fingerprint density at radius 2 is 2.00 bits per heavy atom. The van der Waals surface area contributed by atoms with Crippen molar-refractivity contribution in [1.82, 2.24) is 5.32 Å². The predicted molar refractivity (Wildman–Crippen MR) is 85.0 cm³/mol. The van der Waals surface area contributed by atoms with Crippen LogP contribution < -0.4 is 5.32 Å². The topological polar surface area (TPSA) is 12.0 Å². The average molecular weight is 328 g/mol. The molecule has 0 aliphatic carbocycles. The second-order valence-electron chi connectivity index (χ2n) is 4.54. The maximum atomic E-state index is 14.0. The molecule has 0 bridgehead atoms. The highest BCUT2D eigenvalue weighted by Gasteiger charge is 2.15. The van der Waals surface area contributed by atoms with E-state index < -0.39 is 0 Å². The molecule has 0 spiro atoms.